The van der Waals surface area contributed by atoms with Gasteiger partial charge in [0.05, 0.1) is 17.2 Å². The number of carboxylic acids is 1. The van der Waals surface area contributed by atoms with Crippen LogP contribution in [0.25, 0.3) is 6.08 Å². The van der Waals surface area contributed by atoms with Crippen LogP contribution in [0.2, 0.25) is 0 Å². The van der Waals surface area contributed by atoms with Gasteiger partial charge in [-0.3, -0.25) is 0 Å². The molecule has 1 aromatic carbocycles. The van der Waals surface area contributed by atoms with Crippen LogP contribution in [-0.2, 0) is 4.79 Å². The SMILES string of the molecule is C/C(=C\c1c(N)nc(C)nc1NC(C)c1cccc(C(F)F)c1F)C(=O)O. The Morgan fingerprint density at radius 3 is 2.52 bits per heavy atom. The quantitative estimate of drug-likeness (QED) is 0.652. The van der Waals surface area contributed by atoms with E-state index in [2.05, 4.69) is 15.3 Å². The summed E-state index contributed by atoms with van der Waals surface area (Å²) in [6.07, 6.45) is -1.65. The second kappa shape index (κ2) is 8.07. The zero-order valence-corrected chi connectivity index (χ0v) is 14.9. The van der Waals surface area contributed by atoms with Crippen molar-refractivity contribution in [3.05, 3.63) is 52.1 Å². The number of anilines is 2. The number of benzene rings is 1. The number of hydrogen-bond acceptors (Lipinski definition) is 5. The highest BCUT2D eigenvalue weighted by molar-refractivity contribution is 5.93. The molecule has 1 unspecified atom stereocenters. The molecule has 1 heterocycles. The fourth-order valence-electron chi connectivity index (χ4n) is 2.49. The zero-order chi connectivity index (χ0) is 20.3. The van der Waals surface area contributed by atoms with Crippen molar-refractivity contribution in [2.24, 2.45) is 0 Å². The van der Waals surface area contributed by atoms with Gasteiger partial charge in [-0.2, -0.15) is 0 Å². The largest absolute Gasteiger partial charge is 0.478 e. The highest BCUT2D eigenvalue weighted by Crippen LogP contribution is 2.30. The lowest BCUT2D eigenvalue weighted by molar-refractivity contribution is -0.132. The minimum Gasteiger partial charge on any atom is -0.478 e. The Morgan fingerprint density at radius 1 is 1.30 bits per heavy atom. The molecule has 0 saturated carbocycles. The van der Waals surface area contributed by atoms with Crippen molar-refractivity contribution in [2.45, 2.75) is 33.2 Å². The number of aliphatic carboxylic acids is 1. The van der Waals surface area contributed by atoms with Crippen LogP contribution in [0.3, 0.4) is 0 Å². The zero-order valence-electron chi connectivity index (χ0n) is 14.9. The van der Waals surface area contributed by atoms with Gasteiger partial charge in [0.15, 0.2) is 0 Å². The Balaban J connectivity index is 2.47. The summed E-state index contributed by atoms with van der Waals surface area (Å²) < 4.78 is 40.2. The van der Waals surface area contributed by atoms with E-state index in [4.69, 9.17) is 10.8 Å². The molecular formula is C18H19F3N4O2. The van der Waals surface area contributed by atoms with Gasteiger partial charge in [-0.05, 0) is 26.8 Å². The van der Waals surface area contributed by atoms with E-state index in [-0.39, 0.29) is 28.3 Å². The third-order valence-electron chi connectivity index (χ3n) is 3.90. The maximum Gasteiger partial charge on any atom is 0.331 e. The Morgan fingerprint density at radius 2 is 1.93 bits per heavy atom. The molecule has 0 bridgehead atoms. The molecule has 4 N–H and O–H groups in total. The lowest BCUT2D eigenvalue weighted by Crippen LogP contribution is -2.14. The Bertz CT molecular complexity index is 900. The molecule has 1 atom stereocenters. The van der Waals surface area contributed by atoms with Crippen LogP contribution >= 0.6 is 0 Å². The van der Waals surface area contributed by atoms with Crippen LogP contribution in [0.1, 0.15) is 48.8 Å². The van der Waals surface area contributed by atoms with Crippen molar-refractivity contribution in [1.82, 2.24) is 9.97 Å². The van der Waals surface area contributed by atoms with Crippen molar-refractivity contribution in [2.75, 3.05) is 11.1 Å². The predicted octanol–water partition coefficient (Wildman–Crippen LogP) is 4.10. The lowest BCUT2D eigenvalue weighted by atomic mass is 10.0. The average Bonchev–Trinajstić information content (AvgIpc) is 2.57. The second-order valence-electron chi connectivity index (χ2n) is 5.97. The first-order valence-corrected chi connectivity index (χ1v) is 8.00. The number of alkyl halides is 2. The number of nitrogens with one attached hydrogen (secondary N) is 1. The van der Waals surface area contributed by atoms with E-state index in [1.165, 1.54) is 25.1 Å². The molecule has 2 rings (SSSR count). The molecule has 1 aromatic heterocycles. The van der Waals surface area contributed by atoms with Crippen molar-refractivity contribution in [3.8, 4) is 0 Å². The standard InChI is InChI=1S/C18H19F3N4O2/c1-8(18(26)27)7-13-16(22)24-10(3)25-17(13)23-9(2)11-5-4-6-12(14(11)19)15(20)21/h4-7,9,15H,1-3H3,(H,26,27)(H3,22,23,24,25)/b8-7+. The van der Waals surface area contributed by atoms with Gasteiger partial charge in [-0.15, -0.1) is 0 Å². The van der Waals surface area contributed by atoms with Crippen LogP contribution in [0.4, 0.5) is 24.8 Å². The van der Waals surface area contributed by atoms with Crippen LogP contribution in [-0.4, -0.2) is 21.0 Å². The van der Waals surface area contributed by atoms with Gasteiger partial charge in [0.1, 0.15) is 23.3 Å². The van der Waals surface area contributed by atoms with E-state index < -0.39 is 29.8 Å². The van der Waals surface area contributed by atoms with Crippen molar-refractivity contribution in [3.63, 3.8) is 0 Å². The number of halogens is 3. The summed E-state index contributed by atoms with van der Waals surface area (Å²) >= 11 is 0. The van der Waals surface area contributed by atoms with Crippen molar-refractivity contribution < 1.29 is 23.1 Å². The fraction of sp³-hybridized carbons (Fsp3) is 0.278. The molecule has 0 aliphatic rings. The number of aryl methyl sites for hydroxylation is 1. The normalized spacial score (nSPS) is 12.9. The number of nitrogens with zero attached hydrogens (tertiary/aromatic N) is 2. The number of carbonyl (C=O) groups is 1. The topological polar surface area (TPSA) is 101 Å². The molecule has 144 valence electrons. The average molecular weight is 380 g/mol. The van der Waals surface area contributed by atoms with Crippen molar-refractivity contribution in [1.29, 1.82) is 0 Å². The smallest absolute Gasteiger partial charge is 0.331 e. The molecule has 2 aromatic rings. The summed E-state index contributed by atoms with van der Waals surface area (Å²) in [6, 6.07) is 3.00. The first-order chi connectivity index (χ1) is 12.6. The van der Waals surface area contributed by atoms with Gasteiger partial charge in [-0.1, -0.05) is 18.2 Å². The van der Waals surface area contributed by atoms with Gasteiger partial charge >= 0.3 is 5.97 Å². The summed E-state index contributed by atoms with van der Waals surface area (Å²) in [6.45, 7) is 4.53. The van der Waals surface area contributed by atoms with E-state index in [9.17, 15) is 18.0 Å². The third-order valence-corrected chi connectivity index (χ3v) is 3.90. The van der Waals surface area contributed by atoms with Crippen LogP contribution in [0.15, 0.2) is 23.8 Å². The highest BCUT2D eigenvalue weighted by Gasteiger charge is 2.21. The highest BCUT2D eigenvalue weighted by atomic mass is 19.3. The number of carboxylic acid groups (broad SMARTS) is 1. The summed E-state index contributed by atoms with van der Waals surface area (Å²) in [5.41, 5.74) is 5.42. The number of nitrogens with two attached hydrogens (primary N) is 1. The van der Waals surface area contributed by atoms with E-state index in [1.807, 2.05) is 0 Å². The maximum absolute atomic E-state index is 14.4. The molecule has 0 spiro atoms. The van der Waals surface area contributed by atoms with E-state index >= 15 is 0 Å². The molecule has 9 heteroatoms. The summed E-state index contributed by atoms with van der Waals surface area (Å²) in [4.78, 5) is 19.3. The first kappa shape index (κ1) is 20.2. The van der Waals surface area contributed by atoms with Gasteiger partial charge in [-0.25, -0.2) is 27.9 Å². The molecule has 0 aliphatic heterocycles. The Kier molecular flexibility index (Phi) is 6.04. The fourth-order valence-corrected chi connectivity index (χ4v) is 2.49. The Hall–Kier alpha value is -3.10. The third kappa shape index (κ3) is 4.55. The van der Waals surface area contributed by atoms with Crippen LogP contribution in [0, 0.1) is 12.7 Å². The molecule has 27 heavy (non-hydrogen) atoms. The number of hydrogen-bond donors (Lipinski definition) is 3. The molecule has 0 aliphatic carbocycles. The molecule has 0 radical (unpaired) electrons. The molecular weight excluding hydrogens is 361 g/mol. The van der Waals surface area contributed by atoms with Crippen LogP contribution in [0.5, 0.6) is 0 Å². The summed E-state index contributed by atoms with van der Waals surface area (Å²) in [5.74, 6) is -1.63. The molecule has 6 nitrogen and oxygen atoms in total. The molecule has 0 fully saturated rings. The molecule has 0 saturated heterocycles. The van der Waals surface area contributed by atoms with Gasteiger partial charge in [0.25, 0.3) is 6.43 Å². The van der Waals surface area contributed by atoms with E-state index in [0.717, 1.165) is 6.07 Å². The Labute approximate surface area is 153 Å². The molecule has 0 amide bonds. The monoisotopic (exact) mass is 380 g/mol. The van der Waals surface area contributed by atoms with Gasteiger partial charge < -0.3 is 16.2 Å². The minimum atomic E-state index is -2.94. The number of nitrogen functional groups attached to an aromatic ring is 1. The van der Waals surface area contributed by atoms with Gasteiger partial charge in [0.2, 0.25) is 0 Å². The van der Waals surface area contributed by atoms with Crippen LogP contribution < -0.4 is 11.1 Å². The second-order valence-corrected chi connectivity index (χ2v) is 5.97. The predicted molar refractivity (Wildman–Crippen MR) is 95.9 cm³/mol. The lowest BCUT2D eigenvalue weighted by Gasteiger charge is -2.19. The summed E-state index contributed by atoms with van der Waals surface area (Å²) in [7, 11) is 0. The maximum atomic E-state index is 14.4. The minimum absolute atomic E-state index is 0.00395. The van der Waals surface area contributed by atoms with E-state index in [1.54, 1.807) is 13.8 Å². The van der Waals surface area contributed by atoms with Crippen molar-refractivity contribution >= 4 is 23.7 Å². The van der Waals surface area contributed by atoms with Gasteiger partial charge in [0, 0.05) is 11.1 Å². The van der Waals surface area contributed by atoms with E-state index in [0.29, 0.717) is 5.82 Å². The number of aromatic nitrogens is 2. The number of rotatable bonds is 6. The first-order valence-electron chi connectivity index (χ1n) is 8.00. The summed E-state index contributed by atoms with van der Waals surface area (Å²) in [5, 5.41) is 12.0.